The molecule has 3 saturated carbocycles. The molecule has 3 fully saturated rings. The molecule has 0 bridgehead atoms. The highest BCUT2D eigenvalue weighted by molar-refractivity contribution is 5.66. The fourth-order valence-electron chi connectivity index (χ4n) is 8.49. The fraction of sp³-hybridized carbons (Fsp3) is 0.846. The summed E-state index contributed by atoms with van der Waals surface area (Å²) in [4.78, 5) is 22.5. The minimum absolute atomic E-state index is 0.0678. The van der Waals surface area contributed by atoms with Crippen LogP contribution in [0, 0.1) is 40.4 Å². The van der Waals surface area contributed by atoms with Gasteiger partial charge in [0.25, 0.3) is 0 Å². The second kappa shape index (κ2) is 7.98. The van der Waals surface area contributed by atoms with Gasteiger partial charge in [0.15, 0.2) is 0 Å². The van der Waals surface area contributed by atoms with Crippen molar-refractivity contribution in [2.24, 2.45) is 40.4 Å². The minimum Gasteiger partial charge on any atom is -0.481 e. The molecular weight excluding hydrogens is 376 g/mol. The van der Waals surface area contributed by atoms with Crippen LogP contribution in [-0.2, 0) is 14.3 Å². The van der Waals surface area contributed by atoms with Gasteiger partial charge in [-0.05, 0) is 91.8 Å². The zero-order valence-electron chi connectivity index (χ0n) is 19.3. The first-order valence-electron chi connectivity index (χ1n) is 12.2. The molecule has 0 aromatic carbocycles. The zero-order chi connectivity index (χ0) is 21.7. The van der Waals surface area contributed by atoms with Crippen LogP contribution in [0.4, 0.5) is 0 Å². The van der Waals surface area contributed by atoms with Gasteiger partial charge < -0.3 is 9.84 Å². The highest BCUT2D eigenvalue weighted by atomic mass is 16.5. The van der Waals surface area contributed by atoms with E-state index in [1.807, 2.05) is 0 Å². The lowest BCUT2D eigenvalue weighted by atomic mass is 9.47. The molecule has 0 aromatic heterocycles. The van der Waals surface area contributed by atoms with Crippen molar-refractivity contribution in [2.75, 3.05) is 0 Å². The Morgan fingerprint density at radius 2 is 1.93 bits per heavy atom. The summed E-state index contributed by atoms with van der Waals surface area (Å²) in [7, 11) is 0. The molecule has 0 unspecified atom stereocenters. The average molecular weight is 417 g/mol. The van der Waals surface area contributed by atoms with Crippen molar-refractivity contribution in [1.82, 2.24) is 0 Å². The molecule has 0 aromatic rings. The van der Waals surface area contributed by atoms with Crippen LogP contribution in [0.15, 0.2) is 11.6 Å². The van der Waals surface area contributed by atoms with Crippen LogP contribution >= 0.6 is 0 Å². The SMILES string of the molecule is CC(=O)O[C@@H]1CC[C@@]2(C)C(=CC[C@H]3[C@H]4CC[C@H]([C@H](C)CCC(=O)O)[C@@]4(C)CC[C@H]32)C1. The number of esters is 1. The summed E-state index contributed by atoms with van der Waals surface area (Å²) in [6.45, 7) is 8.84. The number of carbonyl (C=O) groups is 2. The van der Waals surface area contributed by atoms with Crippen LogP contribution in [0.25, 0.3) is 0 Å². The first-order valence-corrected chi connectivity index (χ1v) is 12.2. The van der Waals surface area contributed by atoms with E-state index in [9.17, 15) is 9.59 Å². The van der Waals surface area contributed by atoms with Crippen molar-refractivity contribution < 1.29 is 19.4 Å². The summed E-state index contributed by atoms with van der Waals surface area (Å²) in [5.74, 6) is 2.64. The molecule has 168 valence electrons. The number of carbonyl (C=O) groups excluding carboxylic acids is 1. The number of carboxylic acid groups (broad SMARTS) is 1. The quantitative estimate of drug-likeness (QED) is 0.441. The number of hydrogen-bond donors (Lipinski definition) is 1. The number of rotatable bonds is 5. The van der Waals surface area contributed by atoms with Crippen LogP contribution in [0.5, 0.6) is 0 Å². The van der Waals surface area contributed by atoms with E-state index in [1.54, 1.807) is 5.57 Å². The molecule has 0 aliphatic heterocycles. The van der Waals surface area contributed by atoms with Crippen molar-refractivity contribution in [3.05, 3.63) is 11.6 Å². The van der Waals surface area contributed by atoms with Crippen LogP contribution in [-0.4, -0.2) is 23.1 Å². The fourth-order valence-corrected chi connectivity index (χ4v) is 8.49. The lowest BCUT2D eigenvalue weighted by Crippen LogP contribution is -2.51. The predicted octanol–water partition coefficient (Wildman–Crippen LogP) is 6.00. The van der Waals surface area contributed by atoms with Crippen molar-refractivity contribution in [1.29, 1.82) is 0 Å². The zero-order valence-corrected chi connectivity index (χ0v) is 19.3. The van der Waals surface area contributed by atoms with Crippen LogP contribution in [0.2, 0.25) is 0 Å². The van der Waals surface area contributed by atoms with Crippen molar-refractivity contribution in [3.8, 4) is 0 Å². The number of hydrogen-bond acceptors (Lipinski definition) is 3. The molecule has 4 aliphatic rings. The Bertz CT molecular complexity index is 727. The highest BCUT2D eigenvalue weighted by Crippen LogP contribution is 2.67. The maximum atomic E-state index is 11.4. The topological polar surface area (TPSA) is 63.6 Å². The maximum Gasteiger partial charge on any atom is 0.303 e. The highest BCUT2D eigenvalue weighted by Gasteiger charge is 2.59. The normalized spacial score (nSPS) is 43.6. The molecule has 0 spiro atoms. The first kappa shape index (κ1) is 21.9. The van der Waals surface area contributed by atoms with Gasteiger partial charge in [0, 0.05) is 19.8 Å². The summed E-state index contributed by atoms with van der Waals surface area (Å²) in [5.41, 5.74) is 2.19. The number of aliphatic carboxylic acids is 1. The van der Waals surface area contributed by atoms with E-state index in [4.69, 9.17) is 9.84 Å². The molecule has 30 heavy (non-hydrogen) atoms. The summed E-state index contributed by atoms with van der Waals surface area (Å²) < 4.78 is 5.57. The Labute approximate surface area is 181 Å². The summed E-state index contributed by atoms with van der Waals surface area (Å²) >= 11 is 0. The monoisotopic (exact) mass is 416 g/mol. The second-order valence-corrected chi connectivity index (χ2v) is 11.4. The Morgan fingerprint density at radius 3 is 2.63 bits per heavy atom. The molecule has 4 heteroatoms. The van der Waals surface area contributed by atoms with E-state index in [0.29, 0.717) is 23.7 Å². The summed E-state index contributed by atoms with van der Waals surface area (Å²) in [5, 5.41) is 9.13. The van der Waals surface area contributed by atoms with Gasteiger partial charge in [0.1, 0.15) is 6.10 Å². The number of allylic oxidation sites excluding steroid dienone is 1. The van der Waals surface area contributed by atoms with Gasteiger partial charge in [0.2, 0.25) is 0 Å². The maximum absolute atomic E-state index is 11.4. The summed E-state index contributed by atoms with van der Waals surface area (Å²) in [6.07, 6.45) is 13.1. The molecule has 4 aliphatic carbocycles. The smallest absolute Gasteiger partial charge is 0.303 e. The van der Waals surface area contributed by atoms with Gasteiger partial charge in [-0.1, -0.05) is 32.4 Å². The van der Waals surface area contributed by atoms with Gasteiger partial charge in [-0.25, -0.2) is 0 Å². The lowest BCUT2D eigenvalue weighted by Gasteiger charge is -2.58. The van der Waals surface area contributed by atoms with Gasteiger partial charge in [-0.15, -0.1) is 0 Å². The lowest BCUT2D eigenvalue weighted by molar-refractivity contribution is -0.148. The van der Waals surface area contributed by atoms with E-state index in [0.717, 1.165) is 43.4 Å². The minimum atomic E-state index is -0.660. The Morgan fingerprint density at radius 1 is 1.17 bits per heavy atom. The number of carboxylic acids is 1. The van der Waals surface area contributed by atoms with E-state index in [2.05, 4.69) is 26.8 Å². The Balaban J connectivity index is 1.51. The van der Waals surface area contributed by atoms with E-state index in [-0.39, 0.29) is 17.5 Å². The van der Waals surface area contributed by atoms with Gasteiger partial charge in [0.05, 0.1) is 0 Å². The van der Waals surface area contributed by atoms with E-state index in [1.165, 1.54) is 39.0 Å². The van der Waals surface area contributed by atoms with Crippen molar-refractivity contribution >= 4 is 11.9 Å². The molecule has 8 atom stereocenters. The van der Waals surface area contributed by atoms with E-state index < -0.39 is 5.97 Å². The Kier molecular flexibility index (Phi) is 5.83. The molecular formula is C26H40O4. The Hall–Kier alpha value is -1.32. The van der Waals surface area contributed by atoms with Gasteiger partial charge in [-0.3, -0.25) is 9.59 Å². The van der Waals surface area contributed by atoms with Crippen molar-refractivity contribution in [2.45, 2.75) is 98.0 Å². The van der Waals surface area contributed by atoms with Crippen LogP contribution in [0.1, 0.15) is 91.9 Å². The van der Waals surface area contributed by atoms with Gasteiger partial charge in [-0.2, -0.15) is 0 Å². The predicted molar refractivity (Wildman–Crippen MR) is 117 cm³/mol. The van der Waals surface area contributed by atoms with Crippen LogP contribution < -0.4 is 0 Å². The molecule has 0 heterocycles. The van der Waals surface area contributed by atoms with E-state index >= 15 is 0 Å². The van der Waals surface area contributed by atoms with Crippen LogP contribution in [0.3, 0.4) is 0 Å². The molecule has 0 radical (unpaired) electrons. The largest absolute Gasteiger partial charge is 0.481 e. The molecule has 1 N–H and O–H groups in total. The van der Waals surface area contributed by atoms with Gasteiger partial charge >= 0.3 is 11.9 Å². The van der Waals surface area contributed by atoms with Crippen molar-refractivity contribution in [3.63, 3.8) is 0 Å². The first-order chi connectivity index (χ1) is 14.1. The third kappa shape index (κ3) is 3.62. The molecule has 0 amide bonds. The number of fused-ring (bicyclic) bond motifs is 5. The summed E-state index contributed by atoms with van der Waals surface area (Å²) in [6, 6.07) is 0. The third-order valence-electron chi connectivity index (χ3n) is 9.97. The third-order valence-corrected chi connectivity index (χ3v) is 9.97. The number of ether oxygens (including phenoxy) is 1. The molecule has 4 nitrogen and oxygen atoms in total. The second-order valence-electron chi connectivity index (χ2n) is 11.4. The molecule has 4 rings (SSSR count). The molecule has 0 saturated heterocycles. The standard InChI is InChI=1S/C26H40O4/c1-16(5-10-24(28)29)21-8-9-22-20-7-6-18-15-19(30-17(2)27)11-13-25(18,3)23(20)12-14-26(21,22)4/h6,16,19-23H,5,7-15H2,1-4H3,(H,28,29)/t16-,19-,20+,21-,22-,23-,25+,26-/m1/s1. The average Bonchev–Trinajstić information content (AvgIpc) is 3.03.